The number of rotatable bonds is 3. The van der Waals surface area contributed by atoms with Crippen LogP contribution in [0.15, 0.2) is 42.5 Å². The van der Waals surface area contributed by atoms with E-state index in [1.807, 2.05) is 48.6 Å². The van der Waals surface area contributed by atoms with Crippen molar-refractivity contribution in [3.05, 3.63) is 64.4 Å². The molecule has 0 aliphatic heterocycles. The summed E-state index contributed by atoms with van der Waals surface area (Å²) in [5, 5.41) is 8.15. The van der Waals surface area contributed by atoms with Gasteiger partial charge in [-0.15, -0.1) is 0 Å². The highest BCUT2D eigenvalue weighted by Crippen LogP contribution is 2.19. The molecule has 4 nitrogen and oxygen atoms in total. The van der Waals surface area contributed by atoms with Crippen LogP contribution in [-0.4, -0.2) is 15.8 Å². The van der Waals surface area contributed by atoms with Gasteiger partial charge in [0.25, 0.3) is 0 Å². The zero-order valence-corrected chi connectivity index (χ0v) is 11.9. The molecule has 0 radical (unpaired) electrons. The molecule has 0 fully saturated rings. The van der Waals surface area contributed by atoms with E-state index in [9.17, 15) is 0 Å². The number of imidazole rings is 1. The van der Waals surface area contributed by atoms with Gasteiger partial charge in [0.2, 0.25) is 0 Å². The normalized spacial score (nSPS) is 11.3. The Labute approximate surface area is 126 Å². The van der Waals surface area contributed by atoms with Crippen LogP contribution in [0.5, 0.6) is 0 Å². The van der Waals surface area contributed by atoms with Crippen LogP contribution >= 0.6 is 11.6 Å². The Morgan fingerprint density at radius 2 is 2.00 bits per heavy atom. The summed E-state index contributed by atoms with van der Waals surface area (Å²) >= 11 is 6.11. The van der Waals surface area contributed by atoms with Crippen molar-refractivity contribution in [2.75, 3.05) is 0 Å². The van der Waals surface area contributed by atoms with Gasteiger partial charge in [-0.2, -0.15) is 0 Å². The zero-order chi connectivity index (χ0) is 14.8. The first-order valence-corrected chi connectivity index (χ1v) is 6.78. The third kappa shape index (κ3) is 2.80. The Kier molecular flexibility index (Phi) is 3.46. The topological polar surface area (TPSA) is 78.6 Å². The monoisotopic (exact) mass is 296 g/mol. The molecule has 2 aromatic carbocycles. The maximum Gasteiger partial charge on any atom is 0.131 e. The lowest BCUT2D eigenvalue weighted by Gasteiger charge is -1.96. The molecule has 104 valence electrons. The number of benzene rings is 2. The van der Waals surface area contributed by atoms with Crippen molar-refractivity contribution in [1.29, 1.82) is 5.41 Å². The molecule has 1 aromatic heterocycles. The average Bonchev–Trinajstić information content (AvgIpc) is 2.88. The second kappa shape index (κ2) is 5.42. The van der Waals surface area contributed by atoms with Crippen LogP contribution in [0.2, 0.25) is 5.02 Å². The number of aromatic nitrogens is 2. The second-order valence-electron chi connectivity index (χ2n) is 4.62. The molecule has 3 rings (SSSR count). The summed E-state index contributed by atoms with van der Waals surface area (Å²) in [5.74, 6) is 0.769. The molecule has 4 N–H and O–H groups in total. The van der Waals surface area contributed by atoms with E-state index in [0.717, 1.165) is 22.4 Å². The van der Waals surface area contributed by atoms with Gasteiger partial charge in [0.15, 0.2) is 0 Å². The Hall–Kier alpha value is -2.59. The average molecular weight is 297 g/mol. The SMILES string of the molecule is N=C(N)c1ccc2nc(/C=C\c3ccccc3Cl)[nH]c2c1. The molecular weight excluding hydrogens is 284 g/mol. The molecule has 5 heteroatoms. The van der Waals surface area contributed by atoms with E-state index in [0.29, 0.717) is 10.6 Å². The van der Waals surface area contributed by atoms with Crippen LogP contribution in [0.1, 0.15) is 17.0 Å². The molecule has 0 saturated heterocycles. The molecule has 0 unspecified atom stereocenters. The minimum absolute atomic E-state index is 0.0414. The van der Waals surface area contributed by atoms with Crippen LogP contribution in [0.25, 0.3) is 23.2 Å². The fraction of sp³-hybridized carbons (Fsp3) is 0. The molecule has 1 heterocycles. The van der Waals surface area contributed by atoms with E-state index in [-0.39, 0.29) is 5.84 Å². The van der Waals surface area contributed by atoms with Crippen LogP contribution in [0.3, 0.4) is 0 Å². The van der Waals surface area contributed by atoms with Gasteiger partial charge in [-0.25, -0.2) is 4.98 Å². The maximum atomic E-state index is 7.45. The molecule has 0 bridgehead atoms. The third-order valence-electron chi connectivity index (χ3n) is 3.14. The molecular formula is C16H13ClN4. The number of nitrogens with zero attached hydrogens (tertiary/aromatic N) is 1. The fourth-order valence-electron chi connectivity index (χ4n) is 2.05. The number of H-pyrrole nitrogens is 1. The third-order valence-corrected chi connectivity index (χ3v) is 3.48. The quantitative estimate of drug-likeness (QED) is 0.509. The second-order valence-corrected chi connectivity index (χ2v) is 5.03. The molecule has 0 aliphatic carbocycles. The number of hydrogen-bond acceptors (Lipinski definition) is 2. The number of aromatic amines is 1. The fourth-order valence-corrected chi connectivity index (χ4v) is 2.25. The van der Waals surface area contributed by atoms with Crippen molar-refractivity contribution < 1.29 is 0 Å². The lowest BCUT2D eigenvalue weighted by atomic mass is 10.2. The van der Waals surface area contributed by atoms with Crippen molar-refractivity contribution in [2.24, 2.45) is 5.73 Å². The number of hydrogen-bond donors (Lipinski definition) is 3. The Morgan fingerprint density at radius 1 is 1.19 bits per heavy atom. The number of nitrogen functional groups attached to an aromatic ring is 1. The lowest BCUT2D eigenvalue weighted by molar-refractivity contribution is 1.29. The van der Waals surface area contributed by atoms with E-state index in [1.54, 1.807) is 6.07 Å². The molecule has 0 atom stereocenters. The van der Waals surface area contributed by atoms with Crippen LogP contribution in [0.4, 0.5) is 0 Å². The lowest BCUT2D eigenvalue weighted by Crippen LogP contribution is -2.10. The summed E-state index contributed by atoms with van der Waals surface area (Å²) in [6.45, 7) is 0. The number of halogens is 1. The predicted octanol–water partition coefficient (Wildman–Crippen LogP) is 3.67. The Balaban J connectivity index is 1.95. The Morgan fingerprint density at radius 3 is 2.76 bits per heavy atom. The van der Waals surface area contributed by atoms with Crippen molar-refractivity contribution in [1.82, 2.24) is 9.97 Å². The van der Waals surface area contributed by atoms with Gasteiger partial charge in [0.05, 0.1) is 11.0 Å². The van der Waals surface area contributed by atoms with Crippen molar-refractivity contribution in [3.8, 4) is 0 Å². The largest absolute Gasteiger partial charge is 0.384 e. The van der Waals surface area contributed by atoms with E-state index < -0.39 is 0 Å². The molecule has 0 spiro atoms. The standard InChI is InChI=1S/C16H13ClN4/c17-12-4-2-1-3-10(12)6-8-15-20-13-7-5-11(16(18)19)9-14(13)21-15/h1-9H,(H3,18,19)(H,20,21)/b8-6-. The van der Waals surface area contributed by atoms with E-state index in [2.05, 4.69) is 9.97 Å². The minimum atomic E-state index is 0.0414. The van der Waals surface area contributed by atoms with E-state index in [4.69, 9.17) is 22.7 Å². The van der Waals surface area contributed by atoms with Crippen LogP contribution in [-0.2, 0) is 0 Å². The molecule has 0 aliphatic rings. The van der Waals surface area contributed by atoms with Crippen molar-refractivity contribution in [3.63, 3.8) is 0 Å². The predicted molar refractivity (Wildman–Crippen MR) is 87.5 cm³/mol. The van der Waals surface area contributed by atoms with E-state index >= 15 is 0 Å². The summed E-state index contributed by atoms with van der Waals surface area (Å²) in [6.07, 6.45) is 3.78. The van der Waals surface area contributed by atoms with Crippen molar-refractivity contribution in [2.45, 2.75) is 0 Å². The Bertz CT molecular complexity index is 848. The zero-order valence-electron chi connectivity index (χ0n) is 11.1. The summed E-state index contributed by atoms with van der Waals surface area (Å²) < 4.78 is 0. The number of amidine groups is 1. The first-order valence-electron chi connectivity index (χ1n) is 6.40. The van der Waals surface area contributed by atoms with Crippen LogP contribution in [0, 0.1) is 5.41 Å². The van der Waals surface area contributed by atoms with Gasteiger partial charge >= 0.3 is 0 Å². The highest BCUT2D eigenvalue weighted by molar-refractivity contribution is 6.32. The molecule has 0 amide bonds. The highest BCUT2D eigenvalue weighted by Gasteiger charge is 2.03. The minimum Gasteiger partial charge on any atom is -0.384 e. The molecule has 0 saturated carbocycles. The summed E-state index contributed by atoms with van der Waals surface area (Å²) in [6, 6.07) is 13.1. The first kappa shape index (κ1) is 13.4. The molecule has 3 aromatic rings. The highest BCUT2D eigenvalue weighted by atomic mass is 35.5. The van der Waals surface area contributed by atoms with Gasteiger partial charge in [0, 0.05) is 10.6 Å². The number of nitrogens with one attached hydrogen (secondary N) is 2. The number of nitrogens with two attached hydrogens (primary N) is 1. The summed E-state index contributed by atoms with van der Waals surface area (Å²) in [7, 11) is 0. The van der Waals surface area contributed by atoms with Gasteiger partial charge in [-0.3, -0.25) is 5.41 Å². The first-order chi connectivity index (χ1) is 10.1. The molecule has 21 heavy (non-hydrogen) atoms. The van der Waals surface area contributed by atoms with E-state index in [1.165, 1.54) is 0 Å². The number of fused-ring (bicyclic) bond motifs is 1. The van der Waals surface area contributed by atoms with Crippen LogP contribution < -0.4 is 5.73 Å². The smallest absolute Gasteiger partial charge is 0.131 e. The van der Waals surface area contributed by atoms with Gasteiger partial charge < -0.3 is 10.7 Å². The van der Waals surface area contributed by atoms with Gasteiger partial charge in [-0.05, 0) is 42.0 Å². The summed E-state index contributed by atoms with van der Waals surface area (Å²) in [5.41, 5.74) is 8.77. The van der Waals surface area contributed by atoms with Gasteiger partial charge in [0.1, 0.15) is 11.7 Å². The maximum absolute atomic E-state index is 7.45. The summed E-state index contributed by atoms with van der Waals surface area (Å²) in [4.78, 5) is 7.65. The van der Waals surface area contributed by atoms with Crippen molar-refractivity contribution >= 4 is 40.6 Å². The van der Waals surface area contributed by atoms with Gasteiger partial charge in [-0.1, -0.05) is 29.8 Å².